The summed E-state index contributed by atoms with van der Waals surface area (Å²) in [5, 5.41) is 5.33. The van der Waals surface area contributed by atoms with Crippen molar-refractivity contribution in [3.8, 4) is 0 Å². The zero-order chi connectivity index (χ0) is 17.3. The van der Waals surface area contributed by atoms with Crippen LogP contribution in [0.15, 0.2) is 22.7 Å². The normalized spacial score (nSPS) is 20.2. The lowest BCUT2D eigenvalue weighted by Gasteiger charge is -2.16. The van der Waals surface area contributed by atoms with Gasteiger partial charge in [-0.1, -0.05) is 28.8 Å². The number of anilines is 1. The minimum atomic E-state index is -0.820. The third-order valence-electron chi connectivity index (χ3n) is 4.59. The van der Waals surface area contributed by atoms with Crippen molar-refractivity contribution in [3.05, 3.63) is 28.2 Å². The third kappa shape index (κ3) is 3.17. The lowest BCUT2D eigenvalue weighted by atomic mass is 10.1. The number of fused-ring (bicyclic) bond motifs is 1. The van der Waals surface area contributed by atoms with Crippen LogP contribution in [-0.4, -0.2) is 30.3 Å². The Morgan fingerprint density at radius 1 is 1.21 bits per heavy atom. The number of carbonyl (C=O) groups is 3. The monoisotopic (exact) mass is 393 g/mol. The van der Waals surface area contributed by atoms with Crippen LogP contribution in [0.4, 0.5) is 5.69 Å². The molecule has 1 atom stereocenters. The fourth-order valence-corrected chi connectivity index (χ4v) is 3.77. The van der Waals surface area contributed by atoms with Crippen LogP contribution in [0.3, 0.4) is 0 Å². The molecule has 3 amide bonds. The van der Waals surface area contributed by atoms with Crippen LogP contribution >= 0.6 is 15.9 Å². The van der Waals surface area contributed by atoms with Crippen LogP contribution in [0.2, 0.25) is 0 Å². The molecular formula is C17H20BrN3O3. The quantitative estimate of drug-likeness (QED) is 0.771. The maximum atomic E-state index is 12.6. The first-order valence-corrected chi connectivity index (χ1v) is 9.02. The predicted octanol–water partition coefficient (Wildman–Crippen LogP) is 2.03. The topological polar surface area (TPSA) is 78.5 Å². The van der Waals surface area contributed by atoms with Crippen LogP contribution < -0.4 is 15.5 Å². The molecule has 1 heterocycles. The summed E-state index contributed by atoms with van der Waals surface area (Å²) >= 11 is 3.39. The van der Waals surface area contributed by atoms with E-state index in [0.29, 0.717) is 12.1 Å². The molecule has 1 saturated carbocycles. The first-order valence-electron chi connectivity index (χ1n) is 8.23. The molecule has 24 heavy (non-hydrogen) atoms. The molecule has 1 aromatic rings. The highest BCUT2D eigenvalue weighted by Gasteiger charge is 2.38. The average molecular weight is 394 g/mol. The molecule has 0 radical (unpaired) electrons. The van der Waals surface area contributed by atoms with Gasteiger partial charge in [-0.3, -0.25) is 14.4 Å². The molecule has 1 aromatic carbocycles. The Kier molecular flexibility index (Phi) is 4.89. The number of likely N-dealkylation sites (N-methyl/N-ethyl adjacent to an activating group) is 1. The predicted molar refractivity (Wildman–Crippen MR) is 93.5 cm³/mol. The Balaban J connectivity index is 1.74. The lowest BCUT2D eigenvalue weighted by molar-refractivity contribution is -0.140. The fourth-order valence-electron chi connectivity index (χ4n) is 3.39. The molecule has 6 nitrogen and oxygen atoms in total. The molecule has 1 fully saturated rings. The highest BCUT2D eigenvalue weighted by atomic mass is 79.9. The molecule has 3 rings (SSSR count). The van der Waals surface area contributed by atoms with E-state index in [-0.39, 0.29) is 11.9 Å². The van der Waals surface area contributed by atoms with Crippen LogP contribution in [0.5, 0.6) is 0 Å². The second-order valence-electron chi connectivity index (χ2n) is 6.15. The SMILES string of the molecule is CCN1C(=O)[C@@H](NC(=O)C(=O)NC2CCCC2)c2cc(Br)ccc21. The molecule has 2 N–H and O–H groups in total. The van der Waals surface area contributed by atoms with E-state index in [1.807, 2.05) is 25.1 Å². The van der Waals surface area contributed by atoms with Gasteiger partial charge < -0.3 is 15.5 Å². The molecule has 1 aliphatic carbocycles. The molecule has 0 bridgehead atoms. The van der Waals surface area contributed by atoms with Crippen molar-refractivity contribution in [2.24, 2.45) is 0 Å². The van der Waals surface area contributed by atoms with E-state index in [2.05, 4.69) is 26.6 Å². The number of hydrogen-bond acceptors (Lipinski definition) is 3. The van der Waals surface area contributed by atoms with Crippen molar-refractivity contribution in [2.45, 2.75) is 44.7 Å². The largest absolute Gasteiger partial charge is 0.345 e. The van der Waals surface area contributed by atoms with E-state index < -0.39 is 17.9 Å². The standard InChI is InChI=1S/C17H20BrN3O3/c1-2-21-13-8-7-10(18)9-12(13)14(17(21)24)20-16(23)15(22)19-11-5-3-4-6-11/h7-9,11,14H,2-6H2,1H3,(H,19,22)(H,20,23)/t14-/m0/s1. The van der Waals surface area contributed by atoms with Crippen LogP contribution in [-0.2, 0) is 14.4 Å². The second kappa shape index (κ2) is 6.93. The van der Waals surface area contributed by atoms with Crippen molar-refractivity contribution in [1.82, 2.24) is 10.6 Å². The summed E-state index contributed by atoms with van der Waals surface area (Å²) in [5.74, 6) is -1.64. The Hall–Kier alpha value is -1.89. The Morgan fingerprint density at radius 3 is 2.54 bits per heavy atom. The van der Waals surface area contributed by atoms with Gasteiger partial charge in [0.15, 0.2) is 0 Å². The van der Waals surface area contributed by atoms with Crippen molar-refractivity contribution in [3.63, 3.8) is 0 Å². The van der Waals surface area contributed by atoms with E-state index in [0.717, 1.165) is 35.8 Å². The van der Waals surface area contributed by atoms with Crippen molar-refractivity contribution in [1.29, 1.82) is 0 Å². The minimum Gasteiger partial charge on any atom is -0.345 e. The van der Waals surface area contributed by atoms with Gasteiger partial charge in [0.2, 0.25) is 0 Å². The summed E-state index contributed by atoms with van der Waals surface area (Å²) in [6.45, 7) is 2.38. The van der Waals surface area contributed by atoms with Gasteiger partial charge in [0.25, 0.3) is 5.91 Å². The minimum absolute atomic E-state index is 0.0658. The van der Waals surface area contributed by atoms with Crippen LogP contribution in [0, 0.1) is 0 Å². The van der Waals surface area contributed by atoms with E-state index in [1.165, 1.54) is 0 Å². The molecule has 7 heteroatoms. The highest BCUT2D eigenvalue weighted by Crippen LogP contribution is 2.37. The Labute approximate surface area is 149 Å². The molecule has 2 aliphatic rings. The first kappa shape index (κ1) is 17.0. The van der Waals surface area contributed by atoms with Crippen LogP contribution in [0.25, 0.3) is 0 Å². The lowest BCUT2D eigenvalue weighted by Crippen LogP contribution is -2.46. The van der Waals surface area contributed by atoms with Crippen molar-refractivity contribution in [2.75, 3.05) is 11.4 Å². The molecule has 128 valence electrons. The highest BCUT2D eigenvalue weighted by molar-refractivity contribution is 9.10. The maximum Gasteiger partial charge on any atom is 0.310 e. The number of hydrogen-bond donors (Lipinski definition) is 2. The molecule has 0 saturated heterocycles. The summed E-state index contributed by atoms with van der Waals surface area (Å²) in [7, 11) is 0. The maximum absolute atomic E-state index is 12.6. The number of halogens is 1. The number of rotatable bonds is 3. The summed E-state index contributed by atoms with van der Waals surface area (Å²) in [4.78, 5) is 38.5. The van der Waals surface area contributed by atoms with Crippen molar-refractivity contribution < 1.29 is 14.4 Å². The summed E-state index contributed by atoms with van der Waals surface area (Å²) < 4.78 is 0.821. The van der Waals surface area contributed by atoms with Gasteiger partial charge in [0.1, 0.15) is 6.04 Å². The molecule has 0 spiro atoms. The van der Waals surface area contributed by atoms with E-state index >= 15 is 0 Å². The van der Waals surface area contributed by atoms with E-state index in [9.17, 15) is 14.4 Å². The van der Waals surface area contributed by atoms with Crippen molar-refractivity contribution >= 4 is 39.3 Å². The number of amides is 3. The second-order valence-corrected chi connectivity index (χ2v) is 7.06. The number of benzene rings is 1. The zero-order valence-electron chi connectivity index (χ0n) is 13.5. The molecular weight excluding hydrogens is 374 g/mol. The number of carbonyl (C=O) groups excluding carboxylic acids is 3. The smallest absolute Gasteiger partial charge is 0.310 e. The third-order valence-corrected chi connectivity index (χ3v) is 5.09. The van der Waals surface area contributed by atoms with Gasteiger partial charge in [0.05, 0.1) is 0 Å². The van der Waals surface area contributed by atoms with Crippen LogP contribution in [0.1, 0.15) is 44.2 Å². The first-order chi connectivity index (χ1) is 11.5. The van der Waals surface area contributed by atoms with E-state index in [4.69, 9.17) is 0 Å². The van der Waals surface area contributed by atoms with Gasteiger partial charge in [-0.05, 0) is 38.0 Å². The molecule has 1 aliphatic heterocycles. The fraction of sp³-hybridized carbons (Fsp3) is 0.471. The zero-order valence-corrected chi connectivity index (χ0v) is 15.1. The number of nitrogens with one attached hydrogen (secondary N) is 2. The van der Waals surface area contributed by atoms with Gasteiger partial charge >= 0.3 is 11.8 Å². The Morgan fingerprint density at radius 2 is 1.88 bits per heavy atom. The molecule has 0 unspecified atom stereocenters. The average Bonchev–Trinajstić information content (AvgIpc) is 3.14. The van der Waals surface area contributed by atoms with Gasteiger partial charge in [0, 0.05) is 28.3 Å². The molecule has 0 aromatic heterocycles. The number of nitrogens with zero attached hydrogens (tertiary/aromatic N) is 1. The van der Waals surface area contributed by atoms with Gasteiger partial charge in [-0.2, -0.15) is 0 Å². The summed E-state index contributed by atoms with van der Waals surface area (Å²) in [6, 6.07) is 4.75. The summed E-state index contributed by atoms with van der Waals surface area (Å²) in [5.41, 5.74) is 1.48. The van der Waals surface area contributed by atoms with Gasteiger partial charge in [-0.25, -0.2) is 0 Å². The summed E-state index contributed by atoms with van der Waals surface area (Å²) in [6.07, 6.45) is 3.95. The Bertz CT molecular complexity index is 686. The van der Waals surface area contributed by atoms with Gasteiger partial charge in [-0.15, -0.1) is 0 Å². The van der Waals surface area contributed by atoms with E-state index in [1.54, 1.807) is 4.90 Å².